The Hall–Kier alpha value is -1.42. The Morgan fingerprint density at radius 2 is 2.10 bits per heavy atom. The normalized spacial score (nSPS) is 23.1. The van der Waals surface area contributed by atoms with Gasteiger partial charge in [0.25, 0.3) is 0 Å². The Morgan fingerprint density at radius 3 is 2.75 bits per heavy atom. The van der Waals surface area contributed by atoms with Crippen molar-refractivity contribution in [1.29, 1.82) is 0 Å². The predicted octanol–water partition coefficient (Wildman–Crippen LogP) is 2.92. The Kier molecular flexibility index (Phi) is 4.76. The summed E-state index contributed by atoms with van der Waals surface area (Å²) in [4.78, 5) is 2.30. The van der Waals surface area contributed by atoms with Crippen LogP contribution in [0.5, 0.6) is 5.75 Å². The van der Waals surface area contributed by atoms with Gasteiger partial charge in [-0.15, -0.1) is 0 Å². The first-order valence-electron chi connectivity index (χ1n) is 7.35. The van der Waals surface area contributed by atoms with E-state index in [4.69, 9.17) is 15.2 Å². The topological polar surface area (TPSA) is 47.7 Å². The van der Waals surface area contributed by atoms with E-state index in [1.165, 1.54) is 0 Å². The number of hydrogen-bond donors (Lipinski definition) is 1. The summed E-state index contributed by atoms with van der Waals surface area (Å²) in [6.45, 7) is 8.15. The average molecular weight is 278 g/mol. The molecule has 4 nitrogen and oxygen atoms in total. The molecular weight excluding hydrogens is 252 g/mol. The summed E-state index contributed by atoms with van der Waals surface area (Å²) >= 11 is 0. The summed E-state index contributed by atoms with van der Waals surface area (Å²) < 4.78 is 11.3. The predicted molar refractivity (Wildman–Crippen MR) is 83.4 cm³/mol. The van der Waals surface area contributed by atoms with Crippen LogP contribution >= 0.6 is 0 Å². The second-order valence-electron chi connectivity index (χ2n) is 5.84. The number of nitrogens with two attached hydrogens (primary N) is 1. The summed E-state index contributed by atoms with van der Waals surface area (Å²) in [6, 6.07) is 5.99. The van der Waals surface area contributed by atoms with Gasteiger partial charge in [0.2, 0.25) is 0 Å². The number of rotatable bonds is 4. The number of piperidine rings is 1. The van der Waals surface area contributed by atoms with Crippen LogP contribution in [-0.4, -0.2) is 32.4 Å². The summed E-state index contributed by atoms with van der Waals surface area (Å²) in [5.41, 5.74) is 8.06. The first-order chi connectivity index (χ1) is 9.52. The van der Waals surface area contributed by atoms with Crippen molar-refractivity contribution in [3.8, 4) is 5.75 Å². The molecule has 0 bridgehead atoms. The molecule has 0 amide bonds. The summed E-state index contributed by atoms with van der Waals surface area (Å²) in [5.74, 6) is 1.36. The van der Waals surface area contributed by atoms with Gasteiger partial charge >= 0.3 is 0 Å². The van der Waals surface area contributed by atoms with Gasteiger partial charge < -0.3 is 20.1 Å². The molecule has 1 heterocycles. The molecule has 1 aromatic carbocycles. The van der Waals surface area contributed by atoms with Crippen LogP contribution in [-0.2, 0) is 4.74 Å². The lowest BCUT2D eigenvalue weighted by Gasteiger charge is -2.38. The summed E-state index contributed by atoms with van der Waals surface area (Å²) in [5, 5.41) is 0. The Labute approximate surface area is 121 Å². The van der Waals surface area contributed by atoms with Crippen molar-refractivity contribution in [3.63, 3.8) is 0 Å². The van der Waals surface area contributed by atoms with Gasteiger partial charge in [0.05, 0.1) is 23.6 Å². The van der Waals surface area contributed by atoms with Crippen LogP contribution in [0.25, 0.3) is 0 Å². The Bertz CT molecular complexity index is 448. The van der Waals surface area contributed by atoms with Gasteiger partial charge in [-0.1, -0.05) is 13.0 Å². The van der Waals surface area contributed by atoms with E-state index in [0.717, 1.165) is 36.6 Å². The van der Waals surface area contributed by atoms with Crippen molar-refractivity contribution in [3.05, 3.63) is 18.2 Å². The maximum Gasteiger partial charge on any atom is 0.144 e. The van der Waals surface area contributed by atoms with Crippen molar-refractivity contribution in [1.82, 2.24) is 0 Å². The van der Waals surface area contributed by atoms with E-state index >= 15 is 0 Å². The summed E-state index contributed by atoms with van der Waals surface area (Å²) in [7, 11) is 1.78. The largest absolute Gasteiger partial charge is 0.489 e. The van der Waals surface area contributed by atoms with Gasteiger partial charge in [-0.25, -0.2) is 0 Å². The number of anilines is 2. The standard InChI is InChI=1S/C16H26N2O2/c1-11(2)20-14-7-5-6-13(16(14)17)18-9-8-12(3)15(10-18)19-4/h5-7,11-12,15H,8-10,17H2,1-4H3. The van der Waals surface area contributed by atoms with Crippen LogP contribution in [0, 0.1) is 5.92 Å². The van der Waals surface area contributed by atoms with Crippen molar-refractivity contribution in [2.24, 2.45) is 5.92 Å². The van der Waals surface area contributed by atoms with Gasteiger partial charge in [0.15, 0.2) is 0 Å². The molecule has 2 N–H and O–H groups in total. The molecule has 0 aliphatic carbocycles. The first-order valence-corrected chi connectivity index (χ1v) is 7.35. The third kappa shape index (κ3) is 3.18. The molecule has 1 fully saturated rings. The van der Waals surface area contributed by atoms with E-state index in [2.05, 4.69) is 17.9 Å². The van der Waals surface area contributed by atoms with Gasteiger partial charge in [0, 0.05) is 20.2 Å². The summed E-state index contributed by atoms with van der Waals surface area (Å²) in [6.07, 6.45) is 1.51. The van der Waals surface area contributed by atoms with E-state index in [1.54, 1.807) is 7.11 Å². The first kappa shape index (κ1) is 15.0. The molecule has 0 aromatic heterocycles. The van der Waals surface area contributed by atoms with Crippen LogP contribution in [0.2, 0.25) is 0 Å². The SMILES string of the molecule is COC1CN(c2cccc(OC(C)C)c2N)CCC1C. The minimum atomic E-state index is 0.126. The average Bonchev–Trinajstić information content (AvgIpc) is 2.41. The fourth-order valence-electron chi connectivity index (χ4n) is 2.72. The number of hydrogen-bond acceptors (Lipinski definition) is 4. The Morgan fingerprint density at radius 1 is 1.35 bits per heavy atom. The van der Waals surface area contributed by atoms with Crippen molar-refractivity contribution in [2.45, 2.75) is 39.4 Å². The lowest BCUT2D eigenvalue weighted by molar-refractivity contribution is 0.0498. The molecule has 1 aliphatic rings. The third-order valence-corrected chi connectivity index (χ3v) is 3.94. The van der Waals surface area contributed by atoms with Crippen LogP contribution < -0.4 is 15.4 Å². The molecule has 0 radical (unpaired) electrons. The van der Waals surface area contributed by atoms with Gasteiger partial charge in [0.1, 0.15) is 5.75 Å². The van der Waals surface area contributed by atoms with Crippen molar-refractivity contribution < 1.29 is 9.47 Å². The van der Waals surface area contributed by atoms with Gasteiger partial charge in [-0.05, 0) is 38.3 Å². The molecule has 1 aliphatic heterocycles. The number of nitrogen functional groups attached to an aromatic ring is 1. The molecule has 112 valence electrons. The van der Waals surface area contributed by atoms with Crippen molar-refractivity contribution >= 4 is 11.4 Å². The maximum atomic E-state index is 6.28. The second-order valence-corrected chi connectivity index (χ2v) is 5.84. The fraction of sp³-hybridized carbons (Fsp3) is 0.625. The molecule has 2 unspecified atom stereocenters. The monoisotopic (exact) mass is 278 g/mol. The minimum absolute atomic E-state index is 0.126. The molecule has 1 aromatic rings. The lowest BCUT2D eigenvalue weighted by Crippen LogP contribution is -2.44. The van der Waals surface area contributed by atoms with Crippen molar-refractivity contribution in [2.75, 3.05) is 30.8 Å². The minimum Gasteiger partial charge on any atom is -0.489 e. The zero-order chi connectivity index (χ0) is 14.7. The van der Waals surface area contributed by atoms with Gasteiger partial charge in [-0.2, -0.15) is 0 Å². The molecule has 2 atom stereocenters. The number of para-hydroxylation sites is 1. The third-order valence-electron chi connectivity index (χ3n) is 3.94. The van der Waals surface area contributed by atoms with Gasteiger partial charge in [-0.3, -0.25) is 0 Å². The molecular formula is C16H26N2O2. The maximum absolute atomic E-state index is 6.28. The van der Waals surface area contributed by atoms with E-state index in [1.807, 2.05) is 26.0 Å². The molecule has 4 heteroatoms. The van der Waals surface area contributed by atoms with E-state index < -0.39 is 0 Å². The molecule has 0 saturated carbocycles. The van der Waals surface area contributed by atoms with Crippen LogP contribution in [0.4, 0.5) is 11.4 Å². The molecule has 2 rings (SSSR count). The molecule has 0 spiro atoms. The molecule has 1 saturated heterocycles. The van der Waals surface area contributed by atoms with E-state index in [-0.39, 0.29) is 12.2 Å². The number of benzene rings is 1. The number of ether oxygens (including phenoxy) is 2. The highest BCUT2D eigenvalue weighted by atomic mass is 16.5. The van der Waals surface area contributed by atoms with Crippen LogP contribution in [0.1, 0.15) is 27.2 Å². The lowest BCUT2D eigenvalue weighted by atomic mass is 9.95. The highest BCUT2D eigenvalue weighted by Gasteiger charge is 2.27. The fourth-order valence-corrected chi connectivity index (χ4v) is 2.72. The number of methoxy groups -OCH3 is 1. The zero-order valence-electron chi connectivity index (χ0n) is 12.9. The number of nitrogens with zero attached hydrogens (tertiary/aromatic N) is 1. The van der Waals surface area contributed by atoms with E-state index in [0.29, 0.717) is 5.92 Å². The molecule has 20 heavy (non-hydrogen) atoms. The van der Waals surface area contributed by atoms with Crippen LogP contribution in [0.15, 0.2) is 18.2 Å². The highest BCUT2D eigenvalue weighted by Crippen LogP contribution is 2.35. The van der Waals surface area contributed by atoms with Crippen LogP contribution in [0.3, 0.4) is 0 Å². The Balaban J connectivity index is 2.20. The van der Waals surface area contributed by atoms with E-state index in [9.17, 15) is 0 Å². The quantitative estimate of drug-likeness (QED) is 0.860. The highest BCUT2D eigenvalue weighted by molar-refractivity contribution is 5.74. The zero-order valence-corrected chi connectivity index (χ0v) is 12.9. The second kappa shape index (κ2) is 6.35. The smallest absolute Gasteiger partial charge is 0.144 e.